The average Bonchev–Trinajstić information content (AvgIpc) is 2.67. The third kappa shape index (κ3) is 1.58. The van der Waals surface area contributed by atoms with Crippen molar-refractivity contribution in [2.45, 2.75) is 0 Å². The first kappa shape index (κ1) is 8.32. The van der Waals surface area contributed by atoms with Gasteiger partial charge in [0.1, 0.15) is 0 Å². The van der Waals surface area contributed by atoms with Crippen LogP contribution in [0.1, 0.15) is 0 Å². The maximum atomic E-state index is 3.19. The highest BCUT2D eigenvalue weighted by molar-refractivity contribution is 7.14. The maximum absolute atomic E-state index is 3.19. The molecule has 1 N–H and O–H groups in total. The molecule has 0 atom stereocenters. The normalized spacial score (nSPS) is 9.92. The SMILES string of the molecule is CNc1sccc1-c1ccccc1. The van der Waals surface area contributed by atoms with Crippen molar-refractivity contribution in [2.24, 2.45) is 0 Å². The molecule has 0 aliphatic rings. The van der Waals surface area contributed by atoms with Crippen LogP contribution in [0, 0.1) is 0 Å². The number of nitrogens with one attached hydrogen (secondary N) is 1. The summed E-state index contributed by atoms with van der Waals surface area (Å²) >= 11 is 1.73. The highest BCUT2D eigenvalue weighted by Crippen LogP contribution is 2.32. The maximum Gasteiger partial charge on any atom is 0.0959 e. The quantitative estimate of drug-likeness (QED) is 0.763. The van der Waals surface area contributed by atoms with Crippen LogP contribution in [-0.2, 0) is 0 Å². The van der Waals surface area contributed by atoms with Crippen LogP contribution in [0.25, 0.3) is 11.1 Å². The fraction of sp³-hybridized carbons (Fsp3) is 0.0909. The third-order valence-corrected chi connectivity index (χ3v) is 2.91. The number of thiophene rings is 1. The molecule has 1 heterocycles. The number of benzene rings is 1. The van der Waals surface area contributed by atoms with E-state index in [0.717, 1.165) is 0 Å². The molecule has 0 saturated carbocycles. The Morgan fingerprint density at radius 2 is 1.85 bits per heavy atom. The molecule has 13 heavy (non-hydrogen) atoms. The molecule has 0 unspecified atom stereocenters. The lowest BCUT2D eigenvalue weighted by atomic mass is 10.1. The van der Waals surface area contributed by atoms with Gasteiger partial charge in [-0.2, -0.15) is 0 Å². The highest BCUT2D eigenvalue weighted by Gasteiger charge is 2.03. The van der Waals surface area contributed by atoms with Crippen LogP contribution in [0.5, 0.6) is 0 Å². The fourth-order valence-corrected chi connectivity index (χ4v) is 2.12. The Kier molecular flexibility index (Phi) is 2.32. The molecule has 1 nitrogen and oxygen atoms in total. The van der Waals surface area contributed by atoms with Gasteiger partial charge in [-0.15, -0.1) is 11.3 Å². The molecule has 0 spiro atoms. The summed E-state index contributed by atoms with van der Waals surface area (Å²) in [4.78, 5) is 0. The van der Waals surface area contributed by atoms with Gasteiger partial charge in [-0.05, 0) is 17.0 Å². The van der Waals surface area contributed by atoms with Gasteiger partial charge < -0.3 is 5.32 Å². The van der Waals surface area contributed by atoms with Crippen LogP contribution in [0.4, 0.5) is 5.00 Å². The Bertz CT molecular complexity index is 378. The molecule has 0 fully saturated rings. The Labute approximate surface area is 82.0 Å². The molecular weight excluding hydrogens is 178 g/mol. The summed E-state index contributed by atoms with van der Waals surface area (Å²) in [5.41, 5.74) is 2.56. The van der Waals surface area contributed by atoms with E-state index >= 15 is 0 Å². The van der Waals surface area contributed by atoms with E-state index in [1.165, 1.54) is 16.1 Å². The fourth-order valence-electron chi connectivity index (χ4n) is 1.35. The molecule has 0 amide bonds. The zero-order valence-corrected chi connectivity index (χ0v) is 8.27. The van der Waals surface area contributed by atoms with Crippen molar-refractivity contribution in [3.8, 4) is 11.1 Å². The summed E-state index contributed by atoms with van der Waals surface area (Å²) in [7, 11) is 1.96. The zero-order chi connectivity index (χ0) is 9.10. The van der Waals surface area contributed by atoms with Gasteiger partial charge in [-0.25, -0.2) is 0 Å². The summed E-state index contributed by atoms with van der Waals surface area (Å²) in [5.74, 6) is 0. The van der Waals surface area contributed by atoms with Gasteiger partial charge in [0.05, 0.1) is 5.00 Å². The summed E-state index contributed by atoms with van der Waals surface area (Å²) in [6, 6.07) is 12.6. The standard InChI is InChI=1S/C11H11NS/c1-12-11-10(7-8-13-11)9-5-3-2-4-6-9/h2-8,12H,1H3. The van der Waals surface area contributed by atoms with Crippen LogP contribution in [0.3, 0.4) is 0 Å². The third-order valence-electron chi connectivity index (χ3n) is 1.98. The van der Waals surface area contributed by atoms with E-state index in [2.05, 4.69) is 41.0 Å². The minimum absolute atomic E-state index is 1.23. The first-order valence-electron chi connectivity index (χ1n) is 4.22. The molecule has 2 heteroatoms. The van der Waals surface area contributed by atoms with Crippen LogP contribution in [-0.4, -0.2) is 7.05 Å². The molecule has 1 aromatic carbocycles. The second-order valence-electron chi connectivity index (χ2n) is 2.78. The predicted molar refractivity (Wildman–Crippen MR) is 59.3 cm³/mol. The number of hydrogen-bond acceptors (Lipinski definition) is 2. The largest absolute Gasteiger partial charge is 0.379 e. The minimum Gasteiger partial charge on any atom is -0.379 e. The Morgan fingerprint density at radius 3 is 2.54 bits per heavy atom. The smallest absolute Gasteiger partial charge is 0.0959 e. The average molecular weight is 189 g/mol. The van der Waals surface area contributed by atoms with Crippen molar-refractivity contribution in [1.29, 1.82) is 0 Å². The summed E-state index contributed by atoms with van der Waals surface area (Å²) < 4.78 is 0. The van der Waals surface area contributed by atoms with Crippen LogP contribution >= 0.6 is 11.3 Å². The van der Waals surface area contributed by atoms with E-state index < -0.39 is 0 Å². The topological polar surface area (TPSA) is 12.0 Å². The zero-order valence-electron chi connectivity index (χ0n) is 7.45. The monoisotopic (exact) mass is 189 g/mol. The van der Waals surface area contributed by atoms with Crippen molar-refractivity contribution in [3.05, 3.63) is 41.8 Å². The van der Waals surface area contributed by atoms with Crippen molar-refractivity contribution in [1.82, 2.24) is 0 Å². The van der Waals surface area contributed by atoms with E-state index in [4.69, 9.17) is 0 Å². The second-order valence-corrected chi connectivity index (χ2v) is 3.70. The van der Waals surface area contributed by atoms with E-state index in [0.29, 0.717) is 0 Å². The van der Waals surface area contributed by atoms with Crippen LogP contribution < -0.4 is 5.32 Å². The van der Waals surface area contributed by atoms with Gasteiger partial charge in [0.25, 0.3) is 0 Å². The van der Waals surface area contributed by atoms with Gasteiger partial charge in [0.2, 0.25) is 0 Å². The van der Waals surface area contributed by atoms with Crippen molar-refractivity contribution in [2.75, 3.05) is 12.4 Å². The lowest BCUT2D eigenvalue weighted by molar-refractivity contribution is 1.57. The van der Waals surface area contributed by atoms with Crippen molar-refractivity contribution in [3.63, 3.8) is 0 Å². The first-order chi connectivity index (χ1) is 6.42. The van der Waals surface area contributed by atoms with Crippen molar-refractivity contribution >= 4 is 16.3 Å². The van der Waals surface area contributed by atoms with E-state index in [9.17, 15) is 0 Å². The van der Waals surface area contributed by atoms with Gasteiger partial charge in [0, 0.05) is 12.6 Å². The number of hydrogen-bond donors (Lipinski definition) is 1. The van der Waals surface area contributed by atoms with Gasteiger partial charge in [0.15, 0.2) is 0 Å². The summed E-state index contributed by atoms with van der Waals surface area (Å²) in [6.07, 6.45) is 0. The molecule has 2 rings (SSSR count). The molecule has 0 bridgehead atoms. The molecule has 1 aromatic heterocycles. The lowest BCUT2D eigenvalue weighted by Crippen LogP contribution is -1.85. The molecular formula is C11H11NS. The molecule has 0 radical (unpaired) electrons. The summed E-state index contributed by atoms with van der Waals surface area (Å²) in [6.45, 7) is 0. The molecule has 2 aromatic rings. The van der Waals surface area contributed by atoms with E-state index in [1.54, 1.807) is 11.3 Å². The number of anilines is 1. The first-order valence-corrected chi connectivity index (χ1v) is 5.10. The molecule has 0 aliphatic carbocycles. The molecule has 66 valence electrons. The predicted octanol–water partition coefficient (Wildman–Crippen LogP) is 3.46. The summed E-state index contributed by atoms with van der Waals surface area (Å²) in [5, 5.41) is 6.53. The van der Waals surface area contributed by atoms with Gasteiger partial charge in [-0.1, -0.05) is 30.3 Å². The number of rotatable bonds is 2. The lowest BCUT2D eigenvalue weighted by Gasteiger charge is -2.01. The highest BCUT2D eigenvalue weighted by atomic mass is 32.1. The van der Waals surface area contributed by atoms with Crippen LogP contribution in [0.2, 0.25) is 0 Å². The molecule has 0 saturated heterocycles. The van der Waals surface area contributed by atoms with Gasteiger partial charge >= 0.3 is 0 Å². The Morgan fingerprint density at radius 1 is 1.08 bits per heavy atom. The van der Waals surface area contributed by atoms with Crippen LogP contribution in [0.15, 0.2) is 41.8 Å². The Hall–Kier alpha value is -1.28. The minimum atomic E-state index is 1.23. The van der Waals surface area contributed by atoms with Gasteiger partial charge in [-0.3, -0.25) is 0 Å². The Balaban J connectivity index is 2.47. The second kappa shape index (κ2) is 3.62. The van der Waals surface area contributed by atoms with E-state index in [-0.39, 0.29) is 0 Å². The molecule has 0 aliphatic heterocycles. The van der Waals surface area contributed by atoms with E-state index in [1.807, 2.05) is 13.1 Å². The van der Waals surface area contributed by atoms with Crippen molar-refractivity contribution < 1.29 is 0 Å².